The molecule has 170 valence electrons. The summed E-state index contributed by atoms with van der Waals surface area (Å²) in [6, 6.07) is 8.14. The third kappa shape index (κ3) is 4.81. The molecule has 33 heavy (non-hydrogen) atoms. The zero-order valence-electron chi connectivity index (χ0n) is 20.9. The molecule has 0 aliphatic heterocycles. The molecule has 2 heterocycles. The van der Waals surface area contributed by atoms with Crippen LogP contribution in [0.2, 0.25) is 0 Å². The van der Waals surface area contributed by atoms with Crippen LogP contribution < -0.4 is 25.4 Å². The number of para-hydroxylation sites is 1. The molecule has 1 aliphatic rings. The van der Waals surface area contributed by atoms with Gasteiger partial charge < -0.3 is 25.4 Å². The summed E-state index contributed by atoms with van der Waals surface area (Å²) in [5.41, 5.74) is 0.733. The molecule has 0 radical (unpaired) electrons. The van der Waals surface area contributed by atoms with Crippen molar-refractivity contribution in [3.8, 4) is 23.0 Å². The van der Waals surface area contributed by atoms with Gasteiger partial charge in [-0.25, -0.2) is 4.98 Å². The number of rotatable bonds is 8. The van der Waals surface area contributed by atoms with Crippen molar-refractivity contribution in [1.29, 1.82) is 0 Å². The molecule has 0 unspecified atom stereocenters. The van der Waals surface area contributed by atoms with E-state index in [2.05, 4.69) is 30.8 Å². The lowest BCUT2D eigenvalue weighted by Crippen LogP contribution is -2.22. The molecule has 2 amide bonds. The molecular formula is C22H23N7O4. The zero-order chi connectivity index (χ0) is 25.9. The Bertz CT molecular complexity index is 1300. The van der Waals surface area contributed by atoms with Gasteiger partial charge in [-0.3, -0.25) is 9.59 Å². The number of carbonyl (C=O) groups excluding carboxylic acids is 2. The minimum atomic E-state index is -2.74. The first-order chi connectivity index (χ1) is 17.2. The van der Waals surface area contributed by atoms with Gasteiger partial charge in [0.2, 0.25) is 11.8 Å². The fourth-order valence-electron chi connectivity index (χ4n) is 3.11. The fraction of sp³-hybridized carbons (Fsp3) is 0.273. The van der Waals surface area contributed by atoms with Crippen LogP contribution >= 0.6 is 0 Å². The van der Waals surface area contributed by atoms with Gasteiger partial charge in [-0.1, -0.05) is 6.07 Å². The number of anilines is 3. The van der Waals surface area contributed by atoms with Crippen molar-refractivity contribution >= 4 is 29.0 Å². The molecule has 1 fully saturated rings. The summed E-state index contributed by atoms with van der Waals surface area (Å²) >= 11 is 0. The summed E-state index contributed by atoms with van der Waals surface area (Å²) in [5, 5.41) is 15.4. The van der Waals surface area contributed by atoms with Crippen molar-refractivity contribution in [3.05, 3.63) is 42.2 Å². The molecule has 0 atom stereocenters. The molecule has 4 rings (SSSR count). The van der Waals surface area contributed by atoms with Crippen molar-refractivity contribution < 1.29 is 23.2 Å². The van der Waals surface area contributed by atoms with Gasteiger partial charge in [0, 0.05) is 35.3 Å². The minimum Gasteiger partial charge on any atom is -0.494 e. The van der Waals surface area contributed by atoms with Gasteiger partial charge in [-0.2, -0.15) is 4.98 Å². The van der Waals surface area contributed by atoms with E-state index in [9.17, 15) is 9.59 Å². The second-order valence-corrected chi connectivity index (χ2v) is 7.14. The number of hydrogen-bond donors (Lipinski definition) is 3. The highest BCUT2D eigenvalue weighted by atomic mass is 16.5. The molecule has 11 nitrogen and oxygen atoms in total. The Labute approximate surface area is 194 Å². The van der Waals surface area contributed by atoms with E-state index in [1.54, 1.807) is 30.5 Å². The summed E-state index contributed by atoms with van der Waals surface area (Å²) in [6.07, 6.45) is 3.12. The maximum Gasteiger partial charge on any atom is 0.273 e. The number of amides is 2. The van der Waals surface area contributed by atoms with Crippen LogP contribution in [0.15, 0.2) is 36.5 Å². The van der Waals surface area contributed by atoms with Gasteiger partial charge in [-0.05, 0) is 25.0 Å². The Morgan fingerprint density at radius 3 is 2.70 bits per heavy atom. The molecule has 11 heteroatoms. The molecular weight excluding hydrogens is 426 g/mol. The Kier molecular flexibility index (Phi) is 5.25. The zero-order valence-corrected chi connectivity index (χ0v) is 17.9. The molecule has 0 spiro atoms. The van der Waals surface area contributed by atoms with Crippen LogP contribution in [-0.4, -0.2) is 53.2 Å². The topological polar surface area (TPSA) is 140 Å². The SMILES string of the molecule is [2H]C([2H])([2H])NC(=O)c1nnc(NC(=O)C2CC2)cc1Nc1cccc(-c2nccc(OC)n2)c1OC. The van der Waals surface area contributed by atoms with E-state index in [4.69, 9.17) is 13.6 Å². The number of methoxy groups -OCH3 is 2. The van der Waals surface area contributed by atoms with E-state index in [1.807, 2.05) is 5.32 Å². The molecule has 0 saturated heterocycles. The van der Waals surface area contributed by atoms with E-state index in [1.165, 1.54) is 20.3 Å². The summed E-state index contributed by atoms with van der Waals surface area (Å²) < 4.78 is 32.8. The molecule has 1 saturated carbocycles. The lowest BCUT2D eigenvalue weighted by molar-refractivity contribution is -0.117. The van der Waals surface area contributed by atoms with Crippen LogP contribution in [-0.2, 0) is 4.79 Å². The van der Waals surface area contributed by atoms with E-state index < -0.39 is 12.9 Å². The molecule has 1 aliphatic carbocycles. The highest BCUT2D eigenvalue weighted by Crippen LogP contribution is 2.37. The fourth-order valence-corrected chi connectivity index (χ4v) is 3.11. The Balaban J connectivity index is 1.73. The number of ether oxygens (including phenoxy) is 2. The number of benzene rings is 1. The first-order valence-electron chi connectivity index (χ1n) is 11.5. The van der Waals surface area contributed by atoms with Crippen molar-refractivity contribution in [3.63, 3.8) is 0 Å². The number of nitrogens with one attached hydrogen (secondary N) is 3. The maximum absolute atomic E-state index is 12.7. The Morgan fingerprint density at radius 1 is 1.12 bits per heavy atom. The van der Waals surface area contributed by atoms with Gasteiger partial charge >= 0.3 is 0 Å². The second kappa shape index (κ2) is 9.47. The van der Waals surface area contributed by atoms with Gasteiger partial charge in [0.25, 0.3) is 5.91 Å². The maximum atomic E-state index is 12.7. The number of hydrogen-bond acceptors (Lipinski definition) is 9. The molecule has 3 aromatic rings. The normalized spacial score (nSPS) is 14.3. The van der Waals surface area contributed by atoms with E-state index in [-0.39, 0.29) is 29.0 Å². The van der Waals surface area contributed by atoms with Gasteiger partial charge in [-0.15, -0.1) is 10.2 Å². The number of aromatic nitrogens is 4. The number of nitrogens with zero attached hydrogens (tertiary/aromatic N) is 4. The summed E-state index contributed by atoms with van der Waals surface area (Å²) in [7, 11) is 2.95. The van der Waals surface area contributed by atoms with E-state index >= 15 is 0 Å². The first kappa shape index (κ1) is 18.3. The van der Waals surface area contributed by atoms with Gasteiger partial charge in [0.15, 0.2) is 23.1 Å². The van der Waals surface area contributed by atoms with Crippen LogP contribution in [0.25, 0.3) is 11.4 Å². The van der Waals surface area contributed by atoms with Crippen molar-refractivity contribution in [2.24, 2.45) is 5.92 Å². The molecule has 0 bridgehead atoms. The third-order valence-electron chi connectivity index (χ3n) is 4.89. The Hall–Kier alpha value is -4.28. The predicted molar refractivity (Wildman–Crippen MR) is 121 cm³/mol. The van der Waals surface area contributed by atoms with Crippen LogP contribution in [0.1, 0.15) is 27.4 Å². The summed E-state index contributed by atoms with van der Waals surface area (Å²) in [6.45, 7) is -2.74. The molecule has 2 aromatic heterocycles. The molecule has 3 N–H and O–H groups in total. The van der Waals surface area contributed by atoms with Crippen LogP contribution in [0, 0.1) is 5.92 Å². The minimum absolute atomic E-state index is 0.0821. The van der Waals surface area contributed by atoms with Gasteiger partial charge in [0.05, 0.1) is 31.2 Å². The lowest BCUT2D eigenvalue weighted by Gasteiger charge is -2.16. The average Bonchev–Trinajstić information content (AvgIpc) is 3.69. The van der Waals surface area contributed by atoms with Crippen molar-refractivity contribution in [2.75, 3.05) is 31.8 Å². The third-order valence-corrected chi connectivity index (χ3v) is 4.89. The number of carbonyl (C=O) groups is 2. The standard InChI is InChI=1S/C22H23N7O4/c1-23-22(31)18-15(11-16(28-29-18)26-21(30)12-7-8-12)25-14-6-4-5-13(19(14)33-3)20-24-10-9-17(27-20)32-2/h4-6,9-12H,7-8H2,1-3H3,(H,23,31)(H2,25,26,28,30)/i1D3. The molecule has 1 aromatic carbocycles. The predicted octanol–water partition coefficient (Wildman–Crippen LogP) is 2.40. The summed E-state index contributed by atoms with van der Waals surface area (Å²) in [5.74, 6) is -0.124. The monoisotopic (exact) mass is 452 g/mol. The highest BCUT2D eigenvalue weighted by molar-refractivity contribution is 6.00. The lowest BCUT2D eigenvalue weighted by atomic mass is 10.1. The van der Waals surface area contributed by atoms with E-state index in [0.29, 0.717) is 28.7 Å². The highest BCUT2D eigenvalue weighted by Gasteiger charge is 2.30. The van der Waals surface area contributed by atoms with Crippen molar-refractivity contribution in [1.82, 2.24) is 25.5 Å². The van der Waals surface area contributed by atoms with Crippen LogP contribution in [0.5, 0.6) is 11.6 Å². The average molecular weight is 452 g/mol. The Morgan fingerprint density at radius 2 is 1.97 bits per heavy atom. The van der Waals surface area contributed by atoms with Gasteiger partial charge in [0.1, 0.15) is 0 Å². The first-order valence-corrected chi connectivity index (χ1v) is 10.0. The van der Waals surface area contributed by atoms with Crippen LogP contribution in [0.3, 0.4) is 0 Å². The van der Waals surface area contributed by atoms with Crippen LogP contribution in [0.4, 0.5) is 17.2 Å². The summed E-state index contributed by atoms with van der Waals surface area (Å²) in [4.78, 5) is 33.5. The second-order valence-electron chi connectivity index (χ2n) is 7.14. The van der Waals surface area contributed by atoms with E-state index in [0.717, 1.165) is 12.8 Å². The largest absolute Gasteiger partial charge is 0.494 e. The smallest absolute Gasteiger partial charge is 0.273 e. The van der Waals surface area contributed by atoms with Crippen molar-refractivity contribution in [2.45, 2.75) is 12.8 Å². The quantitative estimate of drug-likeness (QED) is 0.470.